The summed E-state index contributed by atoms with van der Waals surface area (Å²) in [5.41, 5.74) is 1.13. The summed E-state index contributed by atoms with van der Waals surface area (Å²) in [7, 11) is 0. The van der Waals surface area contributed by atoms with E-state index < -0.39 is 0 Å². The van der Waals surface area contributed by atoms with E-state index in [4.69, 9.17) is 4.74 Å². The number of rotatable bonds is 3. The third-order valence-corrected chi connectivity index (χ3v) is 5.34. The number of pyridine rings is 1. The number of anilines is 1. The fourth-order valence-electron chi connectivity index (χ4n) is 4.05. The average molecular weight is 338 g/mol. The van der Waals surface area contributed by atoms with Gasteiger partial charge in [0.1, 0.15) is 0 Å². The fourth-order valence-corrected chi connectivity index (χ4v) is 4.41. The number of fused-ring (bicyclic) bond motifs is 2. The largest absolute Gasteiger partial charge is 0.381 e. The van der Waals surface area contributed by atoms with Crippen molar-refractivity contribution in [2.45, 2.75) is 49.9 Å². The lowest BCUT2D eigenvalue weighted by atomic mass is 9.94. The summed E-state index contributed by atoms with van der Waals surface area (Å²) in [5.74, 6) is 0. The Labute approximate surface area is 128 Å². The molecule has 3 atom stereocenters. The van der Waals surface area contributed by atoms with Gasteiger partial charge in [-0.2, -0.15) is 0 Å². The highest BCUT2D eigenvalue weighted by Gasteiger charge is 2.45. The van der Waals surface area contributed by atoms with Crippen molar-refractivity contribution in [3.63, 3.8) is 0 Å². The minimum Gasteiger partial charge on any atom is -0.381 e. The van der Waals surface area contributed by atoms with E-state index in [1.807, 2.05) is 12.4 Å². The highest BCUT2D eigenvalue weighted by atomic mass is 79.9. The molecule has 108 valence electrons. The molecule has 5 heteroatoms. The second kappa shape index (κ2) is 5.28. The number of hydrogen-bond donors (Lipinski definition) is 1. The van der Waals surface area contributed by atoms with E-state index in [0.29, 0.717) is 12.1 Å². The number of aromatic nitrogens is 1. The van der Waals surface area contributed by atoms with Crippen LogP contribution in [0.15, 0.2) is 22.9 Å². The van der Waals surface area contributed by atoms with Gasteiger partial charge in [0.25, 0.3) is 0 Å². The molecule has 0 aromatic carbocycles. The van der Waals surface area contributed by atoms with Crippen LogP contribution in [0.5, 0.6) is 0 Å². The molecule has 2 bridgehead atoms. The highest BCUT2D eigenvalue weighted by Crippen LogP contribution is 2.39. The smallest absolute Gasteiger partial charge is 0.0645 e. The molecule has 20 heavy (non-hydrogen) atoms. The van der Waals surface area contributed by atoms with Crippen molar-refractivity contribution in [1.82, 2.24) is 9.88 Å². The second-order valence-corrected chi connectivity index (χ2v) is 7.14. The Hall–Kier alpha value is -0.650. The highest BCUT2D eigenvalue weighted by molar-refractivity contribution is 9.10. The topological polar surface area (TPSA) is 37.4 Å². The normalized spacial score (nSPS) is 34.0. The summed E-state index contributed by atoms with van der Waals surface area (Å²) in [4.78, 5) is 6.98. The molecule has 1 aromatic heterocycles. The van der Waals surface area contributed by atoms with E-state index >= 15 is 0 Å². The summed E-state index contributed by atoms with van der Waals surface area (Å²) < 4.78 is 6.41. The number of nitrogens with zero attached hydrogens (tertiary/aromatic N) is 2. The van der Waals surface area contributed by atoms with Gasteiger partial charge in [0.2, 0.25) is 0 Å². The molecule has 1 N–H and O–H groups in total. The van der Waals surface area contributed by atoms with Gasteiger partial charge in [-0.1, -0.05) is 0 Å². The van der Waals surface area contributed by atoms with E-state index in [2.05, 4.69) is 37.2 Å². The number of halogens is 1. The van der Waals surface area contributed by atoms with Crippen molar-refractivity contribution in [1.29, 1.82) is 0 Å². The van der Waals surface area contributed by atoms with Gasteiger partial charge in [0, 0.05) is 28.8 Å². The number of nitrogens with one attached hydrogen (secondary N) is 1. The van der Waals surface area contributed by atoms with Crippen molar-refractivity contribution in [2.24, 2.45) is 0 Å². The molecule has 0 radical (unpaired) electrons. The molecule has 1 aromatic rings. The SMILES string of the molecule is Brc1cncc(N[C@@H]2C[C@H]3CC[C@@H](C2)N3C2COC2)c1. The van der Waals surface area contributed by atoms with Crippen LogP contribution in [-0.2, 0) is 4.74 Å². The van der Waals surface area contributed by atoms with Crippen LogP contribution in [0.4, 0.5) is 5.69 Å². The summed E-state index contributed by atoms with van der Waals surface area (Å²) in [6, 6.07) is 4.89. The standard InChI is InChI=1S/C15H20BrN3O/c16-10-3-12(7-17-6-10)18-11-4-13-1-2-14(5-11)19(13)15-8-20-9-15/h3,6-7,11,13-15,18H,1-2,4-5,8-9H2/t11-,13-,14+. The lowest BCUT2D eigenvalue weighted by Gasteiger charge is -2.46. The zero-order valence-electron chi connectivity index (χ0n) is 11.5. The lowest BCUT2D eigenvalue weighted by molar-refractivity contribution is -0.0917. The van der Waals surface area contributed by atoms with Crippen molar-refractivity contribution in [2.75, 3.05) is 18.5 Å². The molecule has 4 rings (SSSR count). The zero-order valence-corrected chi connectivity index (χ0v) is 13.1. The first kappa shape index (κ1) is 13.0. The lowest BCUT2D eigenvalue weighted by Crippen LogP contribution is -2.58. The molecular weight excluding hydrogens is 318 g/mol. The maximum atomic E-state index is 5.38. The molecule has 0 spiro atoms. The van der Waals surface area contributed by atoms with Crippen LogP contribution >= 0.6 is 15.9 Å². The Balaban J connectivity index is 1.43. The summed E-state index contributed by atoms with van der Waals surface area (Å²) in [6.07, 6.45) is 8.96. The Morgan fingerprint density at radius 3 is 2.50 bits per heavy atom. The Bertz CT molecular complexity index is 480. The molecule has 0 unspecified atom stereocenters. The van der Waals surface area contributed by atoms with Gasteiger partial charge in [-0.3, -0.25) is 9.88 Å². The maximum absolute atomic E-state index is 5.38. The summed E-state index contributed by atoms with van der Waals surface area (Å²) in [5, 5.41) is 3.67. The Morgan fingerprint density at radius 1 is 1.15 bits per heavy atom. The fraction of sp³-hybridized carbons (Fsp3) is 0.667. The Morgan fingerprint density at radius 2 is 1.90 bits per heavy atom. The predicted molar refractivity (Wildman–Crippen MR) is 81.8 cm³/mol. The molecule has 4 heterocycles. The monoisotopic (exact) mass is 337 g/mol. The molecule has 3 saturated heterocycles. The third-order valence-electron chi connectivity index (χ3n) is 4.91. The molecule has 0 amide bonds. The van der Waals surface area contributed by atoms with Crippen LogP contribution in [0.3, 0.4) is 0 Å². The van der Waals surface area contributed by atoms with Crippen molar-refractivity contribution >= 4 is 21.6 Å². The van der Waals surface area contributed by atoms with Gasteiger partial charge in [-0.25, -0.2) is 0 Å². The first-order chi connectivity index (χ1) is 9.79. The molecule has 3 aliphatic heterocycles. The Kier molecular flexibility index (Phi) is 3.44. The number of piperidine rings is 1. The van der Waals surface area contributed by atoms with Gasteiger partial charge in [-0.05, 0) is 47.7 Å². The minimum atomic E-state index is 0.584. The second-order valence-electron chi connectivity index (χ2n) is 6.23. The van der Waals surface area contributed by atoms with E-state index in [1.54, 1.807) is 0 Å². The minimum absolute atomic E-state index is 0.584. The van der Waals surface area contributed by atoms with E-state index in [-0.39, 0.29) is 0 Å². The summed E-state index contributed by atoms with van der Waals surface area (Å²) >= 11 is 3.48. The average Bonchev–Trinajstić information content (AvgIpc) is 2.61. The van der Waals surface area contributed by atoms with Crippen molar-refractivity contribution < 1.29 is 4.74 Å². The number of ether oxygens (including phenoxy) is 1. The first-order valence-corrected chi connectivity index (χ1v) is 8.31. The van der Waals surface area contributed by atoms with E-state index in [0.717, 1.165) is 35.5 Å². The van der Waals surface area contributed by atoms with Crippen LogP contribution in [-0.4, -0.2) is 47.3 Å². The van der Waals surface area contributed by atoms with Crippen LogP contribution in [0, 0.1) is 0 Å². The van der Waals surface area contributed by atoms with Gasteiger partial charge in [0.15, 0.2) is 0 Å². The van der Waals surface area contributed by atoms with Gasteiger partial charge < -0.3 is 10.1 Å². The van der Waals surface area contributed by atoms with E-state index in [9.17, 15) is 0 Å². The molecule has 3 fully saturated rings. The molecule has 3 aliphatic rings. The molecule has 0 saturated carbocycles. The van der Waals surface area contributed by atoms with Crippen LogP contribution in [0.1, 0.15) is 25.7 Å². The number of hydrogen-bond acceptors (Lipinski definition) is 4. The first-order valence-electron chi connectivity index (χ1n) is 7.52. The van der Waals surface area contributed by atoms with Crippen molar-refractivity contribution in [3.05, 3.63) is 22.9 Å². The third kappa shape index (κ3) is 2.36. The van der Waals surface area contributed by atoms with Crippen LogP contribution < -0.4 is 5.32 Å². The van der Waals surface area contributed by atoms with Crippen molar-refractivity contribution in [3.8, 4) is 0 Å². The molecule has 0 aliphatic carbocycles. The predicted octanol–water partition coefficient (Wildman–Crippen LogP) is 2.65. The van der Waals surface area contributed by atoms with Crippen LogP contribution in [0.2, 0.25) is 0 Å². The van der Waals surface area contributed by atoms with Gasteiger partial charge >= 0.3 is 0 Å². The summed E-state index contributed by atoms with van der Waals surface area (Å²) in [6.45, 7) is 1.89. The maximum Gasteiger partial charge on any atom is 0.0645 e. The van der Waals surface area contributed by atoms with Gasteiger partial charge in [0.05, 0.1) is 31.1 Å². The van der Waals surface area contributed by atoms with Crippen LogP contribution in [0.25, 0.3) is 0 Å². The van der Waals surface area contributed by atoms with E-state index in [1.165, 1.54) is 25.7 Å². The molecule has 4 nitrogen and oxygen atoms in total. The molecular formula is C15H20BrN3O. The quantitative estimate of drug-likeness (QED) is 0.920. The zero-order chi connectivity index (χ0) is 13.5. The van der Waals surface area contributed by atoms with Gasteiger partial charge in [-0.15, -0.1) is 0 Å².